The molecule has 0 atom stereocenters. The molecule has 1 aromatic carbocycles. The molecule has 0 spiro atoms. The highest BCUT2D eigenvalue weighted by atomic mass is 35.5. The van der Waals surface area contributed by atoms with Crippen LogP contribution in [-0.2, 0) is 4.74 Å². The lowest BCUT2D eigenvalue weighted by molar-refractivity contribution is 0.0357. The van der Waals surface area contributed by atoms with E-state index >= 15 is 0 Å². The van der Waals surface area contributed by atoms with Crippen LogP contribution in [0.2, 0.25) is 0 Å². The normalized spacial score (nSPS) is 15.1. The molecule has 4 nitrogen and oxygen atoms in total. The van der Waals surface area contributed by atoms with Crippen LogP contribution in [0.4, 0.5) is 0 Å². The van der Waals surface area contributed by atoms with Crippen LogP contribution >= 0.6 is 12.4 Å². The summed E-state index contributed by atoms with van der Waals surface area (Å²) in [5.41, 5.74) is 0. The van der Waals surface area contributed by atoms with E-state index in [1.165, 1.54) is 0 Å². The van der Waals surface area contributed by atoms with Crippen LogP contribution in [0.25, 0.3) is 0 Å². The van der Waals surface area contributed by atoms with Gasteiger partial charge in [-0.15, -0.1) is 12.4 Å². The van der Waals surface area contributed by atoms with E-state index in [9.17, 15) is 0 Å². The van der Waals surface area contributed by atoms with Gasteiger partial charge in [-0.2, -0.15) is 0 Å². The van der Waals surface area contributed by atoms with E-state index in [1.807, 2.05) is 24.3 Å². The third-order valence-electron chi connectivity index (χ3n) is 3.58. The van der Waals surface area contributed by atoms with Crippen molar-refractivity contribution in [3.63, 3.8) is 0 Å². The van der Waals surface area contributed by atoms with Gasteiger partial charge < -0.3 is 14.2 Å². The molecule has 1 heterocycles. The Morgan fingerprint density at radius 1 is 1.00 bits per heavy atom. The first kappa shape index (κ1) is 19.1. The smallest absolute Gasteiger partial charge is 0.161 e. The number of nitrogens with zero attached hydrogens (tertiary/aromatic N) is 1. The van der Waals surface area contributed by atoms with Crippen molar-refractivity contribution in [3.05, 3.63) is 24.3 Å². The van der Waals surface area contributed by atoms with Crippen molar-refractivity contribution in [1.29, 1.82) is 0 Å². The van der Waals surface area contributed by atoms with E-state index in [0.29, 0.717) is 0 Å². The molecule has 0 amide bonds. The number of morpholine rings is 1. The standard InChI is InChI=1S/C17H27NO3.ClH/c1-2-3-12-20-16-7-4-5-8-17(16)21-13-6-9-18-10-14-19-15-11-18;/h4-5,7-8H,2-3,6,9-15H2,1H3;1H. The van der Waals surface area contributed by atoms with Crippen LogP contribution in [0.5, 0.6) is 11.5 Å². The van der Waals surface area contributed by atoms with Crippen LogP contribution < -0.4 is 9.47 Å². The van der Waals surface area contributed by atoms with Gasteiger partial charge in [0.25, 0.3) is 0 Å². The maximum absolute atomic E-state index is 5.88. The van der Waals surface area contributed by atoms with Crippen LogP contribution in [0.3, 0.4) is 0 Å². The number of hydrogen-bond donors (Lipinski definition) is 0. The highest BCUT2D eigenvalue weighted by molar-refractivity contribution is 5.85. The topological polar surface area (TPSA) is 30.9 Å². The highest BCUT2D eigenvalue weighted by Crippen LogP contribution is 2.26. The van der Waals surface area contributed by atoms with Crippen LogP contribution in [0.1, 0.15) is 26.2 Å². The molecular formula is C17H28ClNO3. The number of unbranched alkanes of at least 4 members (excludes halogenated alkanes) is 1. The predicted molar refractivity (Wildman–Crippen MR) is 91.5 cm³/mol. The van der Waals surface area contributed by atoms with E-state index in [0.717, 1.165) is 76.8 Å². The van der Waals surface area contributed by atoms with Gasteiger partial charge in [0, 0.05) is 19.6 Å². The molecule has 22 heavy (non-hydrogen) atoms. The van der Waals surface area contributed by atoms with Gasteiger partial charge >= 0.3 is 0 Å². The average molecular weight is 330 g/mol. The summed E-state index contributed by atoms with van der Waals surface area (Å²) in [6.07, 6.45) is 3.25. The minimum absolute atomic E-state index is 0. The Bertz CT molecular complexity index is 397. The first-order valence-electron chi connectivity index (χ1n) is 8.05. The largest absolute Gasteiger partial charge is 0.490 e. The maximum Gasteiger partial charge on any atom is 0.161 e. The van der Waals surface area contributed by atoms with Crippen LogP contribution in [-0.4, -0.2) is 51.0 Å². The first-order chi connectivity index (χ1) is 10.4. The second-order valence-corrected chi connectivity index (χ2v) is 5.30. The Labute approximate surface area is 140 Å². The minimum atomic E-state index is 0. The molecule has 0 aromatic heterocycles. The Balaban J connectivity index is 0.00000242. The van der Waals surface area contributed by atoms with Crippen molar-refractivity contribution in [2.24, 2.45) is 0 Å². The van der Waals surface area contributed by atoms with E-state index < -0.39 is 0 Å². The summed E-state index contributed by atoms with van der Waals surface area (Å²) in [6.45, 7) is 8.51. The molecule has 0 unspecified atom stereocenters. The third-order valence-corrected chi connectivity index (χ3v) is 3.58. The van der Waals surface area contributed by atoms with Gasteiger partial charge in [0.1, 0.15) is 0 Å². The van der Waals surface area contributed by atoms with Crippen molar-refractivity contribution >= 4 is 12.4 Å². The number of hydrogen-bond acceptors (Lipinski definition) is 4. The number of halogens is 1. The molecule has 1 aliphatic rings. The molecule has 1 aromatic rings. The van der Waals surface area contributed by atoms with Gasteiger partial charge in [-0.1, -0.05) is 25.5 Å². The molecule has 1 saturated heterocycles. The minimum Gasteiger partial charge on any atom is -0.490 e. The Kier molecular flexibility index (Phi) is 10.0. The zero-order valence-corrected chi connectivity index (χ0v) is 14.3. The van der Waals surface area contributed by atoms with Gasteiger partial charge in [0.2, 0.25) is 0 Å². The summed E-state index contributed by atoms with van der Waals surface area (Å²) >= 11 is 0. The number of rotatable bonds is 9. The summed E-state index contributed by atoms with van der Waals surface area (Å²) < 4.78 is 17.0. The second kappa shape index (κ2) is 11.6. The van der Waals surface area contributed by atoms with E-state index in [2.05, 4.69) is 11.8 Å². The van der Waals surface area contributed by atoms with E-state index in [1.54, 1.807) is 0 Å². The Hall–Kier alpha value is -0.970. The molecule has 2 rings (SSSR count). The molecule has 126 valence electrons. The molecule has 0 aliphatic carbocycles. The monoisotopic (exact) mass is 329 g/mol. The molecular weight excluding hydrogens is 302 g/mol. The zero-order chi connectivity index (χ0) is 14.8. The molecule has 0 saturated carbocycles. The van der Waals surface area contributed by atoms with E-state index in [4.69, 9.17) is 14.2 Å². The van der Waals surface area contributed by atoms with Gasteiger partial charge in [-0.3, -0.25) is 4.90 Å². The summed E-state index contributed by atoms with van der Waals surface area (Å²) in [4.78, 5) is 2.43. The number of benzene rings is 1. The van der Waals surface area contributed by atoms with Crippen molar-refractivity contribution in [3.8, 4) is 11.5 Å². The molecule has 0 N–H and O–H groups in total. The number of para-hydroxylation sites is 2. The molecule has 0 radical (unpaired) electrons. The van der Waals surface area contributed by atoms with Gasteiger partial charge in [-0.05, 0) is 25.0 Å². The summed E-state index contributed by atoms with van der Waals surface area (Å²) in [5.74, 6) is 1.72. The van der Waals surface area contributed by atoms with E-state index in [-0.39, 0.29) is 12.4 Å². The molecule has 5 heteroatoms. The second-order valence-electron chi connectivity index (χ2n) is 5.30. The van der Waals surface area contributed by atoms with Crippen molar-refractivity contribution in [2.45, 2.75) is 26.2 Å². The molecule has 1 fully saturated rings. The number of ether oxygens (including phenoxy) is 3. The van der Waals surface area contributed by atoms with Gasteiger partial charge in [-0.25, -0.2) is 0 Å². The molecule has 1 aliphatic heterocycles. The fraction of sp³-hybridized carbons (Fsp3) is 0.647. The highest BCUT2D eigenvalue weighted by Gasteiger charge is 2.10. The fourth-order valence-electron chi connectivity index (χ4n) is 2.31. The van der Waals surface area contributed by atoms with Crippen molar-refractivity contribution in [1.82, 2.24) is 4.90 Å². The third kappa shape index (κ3) is 6.86. The quantitative estimate of drug-likeness (QED) is 0.650. The van der Waals surface area contributed by atoms with Crippen LogP contribution in [0.15, 0.2) is 24.3 Å². The fourth-order valence-corrected chi connectivity index (χ4v) is 2.31. The maximum atomic E-state index is 5.88. The Morgan fingerprint density at radius 2 is 1.59 bits per heavy atom. The lowest BCUT2D eigenvalue weighted by Crippen LogP contribution is -2.37. The van der Waals surface area contributed by atoms with Crippen LogP contribution in [0, 0.1) is 0 Å². The predicted octanol–water partition coefficient (Wildman–Crippen LogP) is 3.39. The Morgan fingerprint density at radius 3 is 2.18 bits per heavy atom. The lowest BCUT2D eigenvalue weighted by Gasteiger charge is -2.26. The molecule has 0 bridgehead atoms. The summed E-state index contributed by atoms with van der Waals surface area (Å²) in [6, 6.07) is 7.94. The van der Waals surface area contributed by atoms with Gasteiger partial charge in [0.15, 0.2) is 11.5 Å². The lowest BCUT2D eigenvalue weighted by atomic mass is 10.3. The summed E-state index contributed by atoms with van der Waals surface area (Å²) in [7, 11) is 0. The summed E-state index contributed by atoms with van der Waals surface area (Å²) in [5, 5.41) is 0. The first-order valence-corrected chi connectivity index (χ1v) is 8.05. The average Bonchev–Trinajstić information content (AvgIpc) is 2.54. The van der Waals surface area contributed by atoms with Crippen molar-refractivity contribution in [2.75, 3.05) is 46.1 Å². The SMILES string of the molecule is CCCCOc1ccccc1OCCCN1CCOCC1.Cl. The van der Waals surface area contributed by atoms with Crippen molar-refractivity contribution < 1.29 is 14.2 Å². The zero-order valence-electron chi connectivity index (χ0n) is 13.5. The van der Waals surface area contributed by atoms with Gasteiger partial charge in [0.05, 0.1) is 26.4 Å².